The summed E-state index contributed by atoms with van der Waals surface area (Å²) in [7, 11) is 0. The van der Waals surface area contributed by atoms with Crippen molar-refractivity contribution in [2.24, 2.45) is 5.92 Å². The predicted octanol–water partition coefficient (Wildman–Crippen LogP) is 7.22. The Labute approximate surface area is 151 Å². The molecule has 0 bridgehead atoms. The Morgan fingerprint density at radius 1 is 0.833 bits per heavy atom. The molecule has 0 aromatic rings. The maximum atomic E-state index is 11.3. The van der Waals surface area contributed by atoms with Gasteiger partial charge in [-0.2, -0.15) is 0 Å². The molecule has 142 valence electrons. The van der Waals surface area contributed by atoms with Crippen LogP contribution in [0.4, 0.5) is 0 Å². The molecule has 0 aliphatic rings. The van der Waals surface area contributed by atoms with Crippen LogP contribution in [-0.2, 0) is 9.53 Å². The monoisotopic (exact) mass is 338 g/mol. The summed E-state index contributed by atoms with van der Waals surface area (Å²) in [6, 6.07) is 0. The van der Waals surface area contributed by atoms with Gasteiger partial charge in [0.1, 0.15) is 0 Å². The molecule has 1 unspecified atom stereocenters. The van der Waals surface area contributed by atoms with E-state index in [1.54, 1.807) is 6.92 Å². The van der Waals surface area contributed by atoms with Crippen LogP contribution in [0.1, 0.15) is 111 Å². The van der Waals surface area contributed by atoms with Crippen molar-refractivity contribution >= 4 is 5.97 Å². The lowest BCUT2D eigenvalue weighted by Crippen LogP contribution is -2.07. The summed E-state index contributed by atoms with van der Waals surface area (Å²) in [6.07, 6.45) is 18.9. The molecule has 0 saturated heterocycles. The zero-order valence-electron chi connectivity index (χ0n) is 16.7. The van der Waals surface area contributed by atoms with Crippen molar-refractivity contribution in [2.45, 2.75) is 111 Å². The number of hydrogen-bond donors (Lipinski definition) is 0. The molecule has 0 saturated carbocycles. The van der Waals surface area contributed by atoms with E-state index >= 15 is 0 Å². The normalized spacial score (nSPS) is 12.1. The van der Waals surface area contributed by atoms with Gasteiger partial charge in [0.2, 0.25) is 0 Å². The summed E-state index contributed by atoms with van der Waals surface area (Å²) < 4.78 is 5.13. The maximum absolute atomic E-state index is 11.3. The molecule has 0 heterocycles. The summed E-state index contributed by atoms with van der Waals surface area (Å²) >= 11 is 0. The predicted molar refractivity (Wildman–Crippen MR) is 105 cm³/mol. The van der Waals surface area contributed by atoms with E-state index in [0.29, 0.717) is 12.2 Å². The summed E-state index contributed by atoms with van der Waals surface area (Å²) in [5.41, 5.74) is 0.490. The second-order valence-corrected chi connectivity index (χ2v) is 7.49. The average Bonchev–Trinajstić information content (AvgIpc) is 2.56. The van der Waals surface area contributed by atoms with Gasteiger partial charge in [-0.25, -0.2) is 4.79 Å². The molecule has 0 N–H and O–H groups in total. The van der Waals surface area contributed by atoms with Gasteiger partial charge in [-0.15, -0.1) is 0 Å². The standard InChI is InChI=1S/C22H42O2/c1-5-6-7-8-9-10-11-12-13-14-15-17-21(4)18-16-19-24-22(23)20(2)3/h21H,2,5-19H2,1,3-4H3. The number of hydrogen-bond acceptors (Lipinski definition) is 2. The first-order valence-corrected chi connectivity index (χ1v) is 10.4. The minimum Gasteiger partial charge on any atom is -0.462 e. The van der Waals surface area contributed by atoms with Gasteiger partial charge >= 0.3 is 5.97 Å². The molecule has 0 aromatic carbocycles. The number of carbonyl (C=O) groups is 1. The van der Waals surface area contributed by atoms with Crippen LogP contribution in [0.15, 0.2) is 12.2 Å². The molecule has 0 amide bonds. The SMILES string of the molecule is C=C(C)C(=O)OCCCC(C)CCCCCCCCCCCCC. The highest BCUT2D eigenvalue weighted by Gasteiger charge is 2.05. The molecule has 0 rings (SSSR count). The van der Waals surface area contributed by atoms with Crippen molar-refractivity contribution in [2.75, 3.05) is 6.61 Å². The van der Waals surface area contributed by atoms with Gasteiger partial charge in [-0.05, 0) is 25.7 Å². The van der Waals surface area contributed by atoms with E-state index < -0.39 is 0 Å². The topological polar surface area (TPSA) is 26.3 Å². The van der Waals surface area contributed by atoms with Gasteiger partial charge < -0.3 is 4.74 Å². The molecule has 0 aliphatic heterocycles. The Morgan fingerprint density at radius 3 is 1.79 bits per heavy atom. The fourth-order valence-electron chi connectivity index (χ4n) is 3.02. The first-order chi connectivity index (χ1) is 11.6. The van der Waals surface area contributed by atoms with E-state index in [9.17, 15) is 4.79 Å². The zero-order chi connectivity index (χ0) is 18.0. The van der Waals surface area contributed by atoms with Gasteiger partial charge in [-0.1, -0.05) is 97.5 Å². The van der Waals surface area contributed by atoms with E-state index in [2.05, 4.69) is 20.4 Å². The number of unbranched alkanes of at least 4 members (excludes halogenated alkanes) is 10. The van der Waals surface area contributed by atoms with Crippen molar-refractivity contribution in [3.8, 4) is 0 Å². The fraction of sp³-hybridized carbons (Fsp3) is 0.864. The Bertz CT molecular complexity index is 309. The van der Waals surface area contributed by atoms with E-state index in [-0.39, 0.29) is 5.97 Å². The Kier molecular flexibility index (Phi) is 16.5. The smallest absolute Gasteiger partial charge is 0.333 e. The fourth-order valence-corrected chi connectivity index (χ4v) is 3.02. The van der Waals surface area contributed by atoms with E-state index in [0.717, 1.165) is 18.8 Å². The molecular weight excluding hydrogens is 296 g/mol. The second kappa shape index (κ2) is 17.0. The lowest BCUT2D eigenvalue weighted by Gasteiger charge is -2.11. The third kappa shape index (κ3) is 16.1. The quantitative estimate of drug-likeness (QED) is 0.159. The van der Waals surface area contributed by atoms with Gasteiger partial charge in [0.25, 0.3) is 0 Å². The van der Waals surface area contributed by atoms with Crippen molar-refractivity contribution in [1.29, 1.82) is 0 Å². The van der Waals surface area contributed by atoms with Crippen LogP contribution >= 0.6 is 0 Å². The summed E-state index contributed by atoms with van der Waals surface area (Å²) in [4.78, 5) is 11.3. The Balaban J connectivity index is 3.24. The Hall–Kier alpha value is -0.790. The van der Waals surface area contributed by atoms with Crippen molar-refractivity contribution in [1.82, 2.24) is 0 Å². The van der Waals surface area contributed by atoms with Crippen LogP contribution in [0.2, 0.25) is 0 Å². The van der Waals surface area contributed by atoms with Gasteiger partial charge in [0, 0.05) is 5.57 Å². The molecular formula is C22H42O2. The highest BCUT2D eigenvalue weighted by molar-refractivity contribution is 5.86. The lowest BCUT2D eigenvalue weighted by molar-refractivity contribution is -0.139. The van der Waals surface area contributed by atoms with Crippen LogP contribution in [0.3, 0.4) is 0 Å². The van der Waals surface area contributed by atoms with Crippen molar-refractivity contribution < 1.29 is 9.53 Å². The minimum absolute atomic E-state index is 0.256. The lowest BCUT2D eigenvalue weighted by atomic mass is 9.97. The molecule has 0 fully saturated rings. The number of carbonyl (C=O) groups excluding carboxylic acids is 1. The van der Waals surface area contributed by atoms with Crippen LogP contribution in [0, 0.1) is 5.92 Å². The second-order valence-electron chi connectivity index (χ2n) is 7.49. The highest BCUT2D eigenvalue weighted by atomic mass is 16.5. The van der Waals surface area contributed by atoms with Gasteiger partial charge in [0.15, 0.2) is 0 Å². The molecule has 0 spiro atoms. The Morgan fingerprint density at radius 2 is 1.29 bits per heavy atom. The largest absolute Gasteiger partial charge is 0.462 e. The summed E-state index contributed by atoms with van der Waals surface area (Å²) in [5, 5.41) is 0. The van der Waals surface area contributed by atoms with Crippen molar-refractivity contribution in [3.63, 3.8) is 0 Å². The third-order valence-corrected chi connectivity index (χ3v) is 4.72. The van der Waals surface area contributed by atoms with Crippen molar-refractivity contribution in [3.05, 3.63) is 12.2 Å². The first kappa shape index (κ1) is 23.2. The number of ether oxygens (including phenoxy) is 1. The van der Waals surface area contributed by atoms with Crippen LogP contribution in [0.25, 0.3) is 0 Å². The van der Waals surface area contributed by atoms with Crippen LogP contribution in [-0.4, -0.2) is 12.6 Å². The van der Waals surface area contributed by atoms with Gasteiger partial charge in [0.05, 0.1) is 6.61 Å². The summed E-state index contributed by atoms with van der Waals surface area (Å²) in [5.74, 6) is 0.486. The zero-order valence-corrected chi connectivity index (χ0v) is 16.7. The van der Waals surface area contributed by atoms with Crippen LogP contribution < -0.4 is 0 Å². The number of rotatable bonds is 17. The third-order valence-electron chi connectivity index (χ3n) is 4.72. The highest BCUT2D eigenvalue weighted by Crippen LogP contribution is 2.17. The molecule has 0 radical (unpaired) electrons. The number of esters is 1. The maximum Gasteiger partial charge on any atom is 0.333 e. The van der Waals surface area contributed by atoms with E-state index in [1.807, 2.05) is 0 Å². The average molecular weight is 339 g/mol. The molecule has 2 nitrogen and oxygen atoms in total. The molecule has 0 aliphatic carbocycles. The minimum atomic E-state index is -0.256. The van der Waals surface area contributed by atoms with Gasteiger partial charge in [-0.3, -0.25) is 0 Å². The molecule has 0 aromatic heterocycles. The summed E-state index contributed by atoms with van der Waals surface area (Å²) in [6.45, 7) is 10.4. The van der Waals surface area contributed by atoms with E-state index in [1.165, 1.54) is 77.0 Å². The first-order valence-electron chi connectivity index (χ1n) is 10.4. The van der Waals surface area contributed by atoms with E-state index in [4.69, 9.17) is 4.74 Å². The van der Waals surface area contributed by atoms with Crippen LogP contribution in [0.5, 0.6) is 0 Å². The molecule has 2 heteroatoms. The molecule has 24 heavy (non-hydrogen) atoms. The molecule has 1 atom stereocenters.